The van der Waals surface area contributed by atoms with Crippen LogP contribution in [0, 0.1) is 5.92 Å². The van der Waals surface area contributed by atoms with Crippen molar-refractivity contribution in [3.8, 4) is 0 Å². The highest BCUT2D eigenvalue weighted by Gasteiger charge is 2.29. The fourth-order valence-corrected chi connectivity index (χ4v) is 9.72. The van der Waals surface area contributed by atoms with E-state index in [9.17, 15) is 0 Å². The molecule has 40 heavy (non-hydrogen) atoms. The maximum Gasteiger partial charge on any atom is 0.0906 e. The van der Waals surface area contributed by atoms with E-state index in [1.165, 1.54) is 83.5 Å². The number of anilines is 2. The Labute approximate surface area is 254 Å². The Kier molecular flexibility index (Phi) is 20.7. The third-order valence-corrected chi connectivity index (χ3v) is 12.0. The standard InChI is InChI=1S/C33H65N4OPS/c1-8-10-12-14-15-16-17-21-25-33(6,7)36(27-37(35)32-24-20-19-23-31(32)34)28-40-39(38-29(3)4)26-30(5)22-18-13-11-9-2/h19-20,23-24,29-30H,8-18,21-22,25-28,34-35H2,1-7H3. The van der Waals surface area contributed by atoms with Gasteiger partial charge in [-0.15, -0.1) is 0 Å². The van der Waals surface area contributed by atoms with Gasteiger partial charge in [0, 0.05) is 11.7 Å². The molecule has 0 bridgehead atoms. The molecule has 0 aromatic heterocycles. The van der Waals surface area contributed by atoms with Crippen molar-refractivity contribution in [3.05, 3.63) is 24.3 Å². The maximum absolute atomic E-state index is 6.65. The topological polar surface area (TPSA) is 67.8 Å². The molecule has 0 radical (unpaired) electrons. The van der Waals surface area contributed by atoms with Gasteiger partial charge in [0.2, 0.25) is 0 Å². The van der Waals surface area contributed by atoms with E-state index >= 15 is 0 Å². The fraction of sp³-hybridized carbons (Fsp3) is 0.818. The fourth-order valence-electron chi connectivity index (χ4n) is 5.03. The zero-order chi connectivity index (χ0) is 29.8. The second-order valence-electron chi connectivity index (χ2n) is 12.6. The number of nitrogens with zero attached hydrogens (tertiary/aromatic N) is 2. The summed E-state index contributed by atoms with van der Waals surface area (Å²) in [5.74, 6) is 8.26. The van der Waals surface area contributed by atoms with Gasteiger partial charge in [0.1, 0.15) is 0 Å². The predicted molar refractivity (Wildman–Crippen MR) is 184 cm³/mol. The zero-order valence-corrected chi connectivity index (χ0v) is 29.0. The number of nitrogen functional groups attached to an aromatic ring is 1. The van der Waals surface area contributed by atoms with E-state index < -0.39 is 7.35 Å². The molecule has 0 aliphatic rings. The van der Waals surface area contributed by atoms with E-state index in [4.69, 9.17) is 16.1 Å². The third kappa shape index (κ3) is 16.8. The van der Waals surface area contributed by atoms with Crippen LogP contribution in [0.5, 0.6) is 0 Å². The molecule has 0 aliphatic heterocycles. The highest BCUT2D eigenvalue weighted by Crippen LogP contribution is 2.54. The van der Waals surface area contributed by atoms with Crippen LogP contribution < -0.4 is 16.6 Å². The van der Waals surface area contributed by atoms with Crippen molar-refractivity contribution < 1.29 is 4.52 Å². The minimum Gasteiger partial charge on any atom is -0.397 e. The number of para-hydroxylation sites is 2. The van der Waals surface area contributed by atoms with E-state index in [0.29, 0.717) is 12.6 Å². The maximum atomic E-state index is 6.65. The van der Waals surface area contributed by atoms with Gasteiger partial charge in [0.05, 0.1) is 37.4 Å². The Balaban J connectivity index is 2.84. The van der Waals surface area contributed by atoms with Gasteiger partial charge in [-0.25, -0.2) is 5.84 Å². The number of unbranched alkanes of at least 4 members (excludes halogenated alkanes) is 10. The molecule has 1 rings (SSSR count). The largest absolute Gasteiger partial charge is 0.397 e. The molecule has 4 N–H and O–H groups in total. The monoisotopic (exact) mass is 596 g/mol. The molecule has 0 aliphatic carbocycles. The SMILES string of the molecule is CCCCCCCCCCC(C)(C)N(CSP(CC(C)CCCCCC)OC(C)C)CN(N)c1ccccc1N. The van der Waals surface area contributed by atoms with Gasteiger partial charge in [-0.3, -0.25) is 9.91 Å². The van der Waals surface area contributed by atoms with Gasteiger partial charge in [-0.05, 0) is 52.2 Å². The molecule has 5 nitrogen and oxygen atoms in total. The Bertz CT molecular complexity index is 751. The summed E-state index contributed by atoms with van der Waals surface area (Å²) in [6.45, 7) is 16.7. The van der Waals surface area contributed by atoms with E-state index in [-0.39, 0.29) is 11.6 Å². The first kappa shape index (κ1) is 37.5. The minimum atomic E-state index is -0.564. The summed E-state index contributed by atoms with van der Waals surface area (Å²) in [6.07, 6.45) is 20.0. The predicted octanol–water partition coefficient (Wildman–Crippen LogP) is 10.6. The van der Waals surface area contributed by atoms with E-state index in [1.807, 2.05) is 40.7 Å². The van der Waals surface area contributed by atoms with Crippen LogP contribution in [0.25, 0.3) is 0 Å². The summed E-state index contributed by atoms with van der Waals surface area (Å²) < 4.78 is 6.51. The molecule has 0 saturated heterocycles. The lowest BCUT2D eigenvalue weighted by molar-refractivity contribution is 0.133. The highest BCUT2D eigenvalue weighted by molar-refractivity contribution is 8.54. The van der Waals surface area contributed by atoms with E-state index in [0.717, 1.165) is 29.8 Å². The summed E-state index contributed by atoms with van der Waals surface area (Å²) >= 11 is 2.01. The molecule has 7 heteroatoms. The number of rotatable bonds is 25. The van der Waals surface area contributed by atoms with E-state index in [1.54, 1.807) is 0 Å². The number of hydrogen-bond acceptors (Lipinski definition) is 6. The van der Waals surface area contributed by atoms with Crippen LogP contribution in [0.3, 0.4) is 0 Å². The molecule has 2 unspecified atom stereocenters. The van der Waals surface area contributed by atoms with Crippen LogP contribution in [0.1, 0.15) is 138 Å². The smallest absolute Gasteiger partial charge is 0.0906 e. The average Bonchev–Trinajstić information content (AvgIpc) is 2.90. The molecule has 0 heterocycles. The molecule has 0 saturated carbocycles. The van der Waals surface area contributed by atoms with Gasteiger partial charge in [0.25, 0.3) is 0 Å². The normalized spacial score (nSPS) is 13.8. The van der Waals surface area contributed by atoms with Gasteiger partial charge < -0.3 is 10.3 Å². The summed E-state index contributed by atoms with van der Waals surface area (Å²) in [5, 5.41) is 1.83. The van der Waals surface area contributed by atoms with Gasteiger partial charge in [0.15, 0.2) is 0 Å². The van der Waals surface area contributed by atoms with Crippen molar-refractivity contribution in [1.29, 1.82) is 0 Å². The third-order valence-electron chi connectivity index (χ3n) is 7.76. The number of hydrazine groups is 1. The molecule has 0 fully saturated rings. The Morgan fingerprint density at radius 2 is 1.45 bits per heavy atom. The van der Waals surface area contributed by atoms with Gasteiger partial charge in [-0.2, -0.15) is 0 Å². The van der Waals surface area contributed by atoms with Crippen LogP contribution in [-0.2, 0) is 4.52 Å². The van der Waals surface area contributed by atoms with Crippen molar-refractivity contribution in [2.45, 2.75) is 150 Å². The molecular weight excluding hydrogens is 531 g/mol. The second-order valence-corrected chi connectivity index (χ2v) is 16.4. The molecular formula is C33H65N4OPS. The first-order valence-electron chi connectivity index (χ1n) is 16.3. The van der Waals surface area contributed by atoms with Crippen LogP contribution >= 0.6 is 18.7 Å². The number of hydrogen-bond donors (Lipinski definition) is 2. The van der Waals surface area contributed by atoms with Crippen LogP contribution in [-0.4, -0.2) is 35.3 Å². The summed E-state index contributed by atoms with van der Waals surface area (Å²) in [6, 6.07) is 7.92. The second kappa shape index (κ2) is 22.1. The van der Waals surface area contributed by atoms with Gasteiger partial charge >= 0.3 is 0 Å². The summed E-state index contributed by atoms with van der Waals surface area (Å²) in [5.41, 5.74) is 7.93. The molecule has 234 valence electrons. The van der Waals surface area contributed by atoms with Crippen LogP contribution in [0.4, 0.5) is 11.4 Å². The van der Waals surface area contributed by atoms with Crippen molar-refractivity contribution >= 4 is 30.1 Å². The van der Waals surface area contributed by atoms with Crippen molar-refractivity contribution in [2.75, 3.05) is 29.4 Å². The first-order chi connectivity index (χ1) is 19.1. The van der Waals surface area contributed by atoms with E-state index in [2.05, 4.69) is 53.4 Å². The van der Waals surface area contributed by atoms with Crippen molar-refractivity contribution in [3.63, 3.8) is 0 Å². The number of nitrogens with two attached hydrogens (primary N) is 2. The average molecular weight is 597 g/mol. The lowest BCUT2D eigenvalue weighted by Crippen LogP contribution is -2.51. The molecule has 1 aromatic carbocycles. The summed E-state index contributed by atoms with van der Waals surface area (Å²) in [4.78, 5) is 2.55. The highest BCUT2D eigenvalue weighted by atomic mass is 32.7. The molecule has 0 amide bonds. The van der Waals surface area contributed by atoms with Crippen molar-refractivity contribution in [1.82, 2.24) is 4.90 Å². The zero-order valence-electron chi connectivity index (χ0n) is 27.3. The first-order valence-corrected chi connectivity index (χ1v) is 19.3. The van der Waals surface area contributed by atoms with Crippen LogP contribution in [0.2, 0.25) is 0 Å². The Hall–Kier alpha value is -0.520. The lowest BCUT2D eigenvalue weighted by Gasteiger charge is -2.41. The Morgan fingerprint density at radius 1 is 0.875 bits per heavy atom. The quantitative estimate of drug-likeness (QED) is 0.0292. The molecule has 0 spiro atoms. The Morgan fingerprint density at radius 3 is 2.05 bits per heavy atom. The number of benzene rings is 1. The minimum absolute atomic E-state index is 0.0287. The molecule has 2 atom stereocenters. The van der Waals surface area contributed by atoms with Crippen LogP contribution in [0.15, 0.2) is 24.3 Å². The summed E-state index contributed by atoms with van der Waals surface area (Å²) in [7, 11) is -0.564. The van der Waals surface area contributed by atoms with Crippen molar-refractivity contribution in [2.24, 2.45) is 11.8 Å². The lowest BCUT2D eigenvalue weighted by atomic mass is 9.94. The van der Waals surface area contributed by atoms with Gasteiger partial charge in [-0.1, -0.05) is 128 Å². The molecule has 1 aromatic rings.